The van der Waals surface area contributed by atoms with Crippen molar-refractivity contribution in [2.45, 2.75) is 30.8 Å². The largest absolute Gasteiger partial charge is 0.465 e. The van der Waals surface area contributed by atoms with Crippen molar-refractivity contribution in [1.29, 1.82) is 0 Å². The molecule has 0 spiro atoms. The van der Waals surface area contributed by atoms with Gasteiger partial charge in [-0.05, 0) is 19.4 Å². The van der Waals surface area contributed by atoms with Crippen molar-refractivity contribution in [3.63, 3.8) is 0 Å². The topological polar surface area (TPSA) is 79.4 Å². The maximum Gasteiger partial charge on any atom is 0.341 e. The Balaban J connectivity index is 1.96. The van der Waals surface area contributed by atoms with Gasteiger partial charge in [-0.2, -0.15) is 0 Å². The lowest BCUT2D eigenvalue weighted by molar-refractivity contribution is 0.0599. The molecule has 2 aromatic heterocycles. The Kier molecular flexibility index (Phi) is 6.02. The number of hydrogen-bond donors (Lipinski definition) is 0. The molecule has 0 aliphatic heterocycles. The van der Waals surface area contributed by atoms with Crippen LogP contribution in [0.5, 0.6) is 0 Å². The van der Waals surface area contributed by atoms with Gasteiger partial charge in [-0.1, -0.05) is 11.8 Å². The highest BCUT2D eigenvalue weighted by atomic mass is 32.2. The molecule has 0 aromatic carbocycles. The second kappa shape index (κ2) is 8.00. The maximum absolute atomic E-state index is 11.6. The molecule has 2 heterocycles. The van der Waals surface area contributed by atoms with Crippen molar-refractivity contribution < 1.29 is 18.7 Å². The van der Waals surface area contributed by atoms with Crippen LogP contribution in [-0.2, 0) is 21.8 Å². The second-order valence-electron chi connectivity index (χ2n) is 4.62. The van der Waals surface area contributed by atoms with Crippen LogP contribution in [0.25, 0.3) is 0 Å². The van der Waals surface area contributed by atoms with Crippen LogP contribution in [-0.4, -0.2) is 41.6 Å². The van der Waals surface area contributed by atoms with E-state index < -0.39 is 0 Å². The summed E-state index contributed by atoms with van der Waals surface area (Å²) >= 11 is 1.51. The van der Waals surface area contributed by atoms with Gasteiger partial charge in [0, 0.05) is 20.3 Å². The van der Waals surface area contributed by atoms with E-state index in [-0.39, 0.29) is 5.97 Å². The molecule has 7 nitrogen and oxygen atoms in total. The molecule has 22 heavy (non-hydrogen) atoms. The lowest BCUT2D eigenvalue weighted by atomic mass is 10.2. The SMILES string of the molecule is COCCCn1cnnc1SCc1cc(C(=O)OC)c(C)o1. The summed E-state index contributed by atoms with van der Waals surface area (Å²) in [6, 6.07) is 1.71. The van der Waals surface area contributed by atoms with Gasteiger partial charge in [0.1, 0.15) is 23.4 Å². The maximum atomic E-state index is 11.6. The standard InChI is InChI=1S/C14H19N3O4S/c1-10-12(13(18)20-3)7-11(21-10)8-22-14-16-15-9-17(14)5-4-6-19-2/h7,9H,4-6,8H2,1-3H3. The molecule has 0 saturated carbocycles. The minimum Gasteiger partial charge on any atom is -0.465 e. The first-order chi connectivity index (χ1) is 10.7. The fraction of sp³-hybridized carbons (Fsp3) is 0.500. The number of esters is 1. The number of nitrogens with zero attached hydrogens (tertiary/aromatic N) is 3. The summed E-state index contributed by atoms with van der Waals surface area (Å²) in [6.45, 7) is 3.24. The number of carbonyl (C=O) groups is 1. The summed E-state index contributed by atoms with van der Waals surface area (Å²) in [4.78, 5) is 11.6. The van der Waals surface area contributed by atoms with Crippen LogP contribution in [0, 0.1) is 6.92 Å². The van der Waals surface area contributed by atoms with Gasteiger partial charge < -0.3 is 18.5 Å². The molecular formula is C14H19N3O4S. The molecule has 120 valence electrons. The molecule has 0 N–H and O–H groups in total. The van der Waals surface area contributed by atoms with Crippen molar-refractivity contribution in [2.75, 3.05) is 20.8 Å². The lowest BCUT2D eigenvalue weighted by Crippen LogP contribution is -2.02. The van der Waals surface area contributed by atoms with Crippen molar-refractivity contribution in [1.82, 2.24) is 14.8 Å². The van der Waals surface area contributed by atoms with Gasteiger partial charge >= 0.3 is 5.97 Å². The number of hydrogen-bond acceptors (Lipinski definition) is 7. The van der Waals surface area contributed by atoms with E-state index in [2.05, 4.69) is 10.2 Å². The van der Waals surface area contributed by atoms with E-state index in [9.17, 15) is 4.79 Å². The Hall–Kier alpha value is -1.80. The van der Waals surface area contributed by atoms with Gasteiger partial charge in [0.25, 0.3) is 0 Å². The second-order valence-corrected chi connectivity index (χ2v) is 5.56. The van der Waals surface area contributed by atoms with Crippen LogP contribution in [0.1, 0.15) is 28.3 Å². The highest BCUT2D eigenvalue weighted by molar-refractivity contribution is 7.98. The molecule has 0 aliphatic rings. The number of rotatable bonds is 8. The summed E-state index contributed by atoms with van der Waals surface area (Å²) in [7, 11) is 3.03. The highest BCUT2D eigenvalue weighted by Crippen LogP contribution is 2.24. The quantitative estimate of drug-likeness (QED) is 0.418. The molecule has 0 bridgehead atoms. The van der Waals surface area contributed by atoms with Crippen molar-refractivity contribution in [2.24, 2.45) is 0 Å². The molecule has 0 saturated heterocycles. The fourth-order valence-corrected chi connectivity index (χ4v) is 2.77. The molecular weight excluding hydrogens is 306 g/mol. The third kappa shape index (κ3) is 4.11. The molecule has 0 radical (unpaired) electrons. The van der Waals surface area contributed by atoms with Crippen LogP contribution in [0.3, 0.4) is 0 Å². The van der Waals surface area contributed by atoms with Crippen LogP contribution < -0.4 is 0 Å². The van der Waals surface area contributed by atoms with E-state index in [1.807, 2.05) is 4.57 Å². The molecule has 2 rings (SSSR count). The smallest absolute Gasteiger partial charge is 0.341 e. The predicted molar refractivity (Wildman–Crippen MR) is 80.9 cm³/mol. The first kappa shape index (κ1) is 16.6. The molecule has 0 fully saturated rings. The van der Waals surface area contributed by atoms with E-state index in [4.69, 9.17) is 13.9 Å². The zero-order valence-corrected chi connectivity index (χ0v) is 13.7. The van der Waals surface area contributed by atoms with E-state index in [1.54, 1.807) is 26.4 Å². The fourth-order valence-electron chi connectivity index (χ4n) is 1.95. The van der Waals surface area contributed by atoms with E-state index in [0.29, 0.717) is 29.4 Å². The number of aromatic nitrogens is 3. The Labute approximate surface area is 133 Å². The molecule has 0 aliphatic carbocycles. The first-order valence-electron chi connectivity index (χ1n) is 6.83. The zero-order chi connectivity index (χ0) is 15.9. The lowest BCUT2D eigenvalue weighted by Gasteiger charge is -2.04. The zero-order valence-electron chi connectivity index (χ0n) is 12.9. The van der Waals surface area contributed by atoms with Gasteiger partial charge in [-0.15, -0.1) is 10.2 Å². The summed E-state index contributed by atoms with van der Waals surface area (Å²) in [5.74, 6) is 1.44. The van der Waals surface area contributed by atoms with Crippen LogP contribution in [0.15, 0.2) is 22.0 Å². The third-order valence-electron chi connectivity index (χ3n) is 3.05. The van der Waals surface area contributed by atoms with E-state index in [0.717, 1.165) is 18.1 Å². The number of aryl methyl sites for hydroxylation is 2. The van der Waals surface area contributed by atoms with E-state index in [1.165, 1.54) is 18.9 Å². The Morgan fingerprint density at radius 1 is 1.45 bits per heavy atom. The molecule has 8 heteroatoms. The number of ether oxygens (including phenoxy) is 2. The van der Waals surface area contributed by atoms with Crippen LogP contribution >= 0.6 is 11.8 Å². The monoisotopic (exact) mass is 325 g/mol. The minimum absolute atomic E-state index is 0.389. The molecule has 0 atom stereocenters. The van der Waals surface area contributed by atoms with Gasteiger partial charge in [-0.25, -0.2) is 4.79 Å². The molecule has 2 aromatic rings. The average Bonchev–Trinajstić information content (AvgIpc) is 3.11. The third-order valence-corrected chi connectivity index (χ3v) is 4.05. The number of furan rings is 1. The number of thioether (sulfide) groups is 1. The number of methoxy groups -OCH3 is 2. The Morgan fingerprint density at radius 3 is 3.00 bits per heavy atom. The van der Waals surface area contributed by atoms with Gasteiger partial charge in [0.05, 0.1) is 12.9 Å². The van der Waals surface area contributed by atoms with Gasteiger partial charge in [0.15, 0.2) is 5.16 Å². The minimum atomic E-state index is -0.389. The normalized spacial score (nSPS) is 10.9. The van der Waals surface area contributed by atoms with Crippen LogP contribution in [0.2, 0.25) is 0 Å². The van der Waals surface area contributed by atoms with Crippen molar-refractivity contribution in [3.8, 4) is 0 Å². The summed E-state index contributed by atoms with van der Waals surface area (Å²) in [5.41, 5.74) is 0.458. The Morgan fingerprint density at radius 2 is 2.27 bits per heavy atom. The van der Waals surface area contributed by atoms with Crippen molar-refractivity contribution in [3.05, 3.63) is 29.5 Å². The van der Waals surface area contributed by atoms with Crippen molar-refractivity contribution >= 4 is 17.7 Å². The Bertz CT molecular complexity index is 623. The predicted octanol–water partition coefficient (Wildman–Crippen LogP) is 2.29. The average molecular weight is 325 g/mol. The number of carbonyl (C=O) groups excluding carboxylic acids is 1. The first-order valence-corrected chi connectivity index (χ1v) is 7.81. The highest BCUT2D eigenvalue weighted by Gasteiger charge is 2.16. The summed E-state index contributed by atoms with van der Waals surface area (Å²) in [6.07, 6.45) is 2.60. The van der Waals surface area contributed by atoms with Gasteiger partial charge in [0.2, 0.25) is 0 Å². The van der Waals surface area contributed by atoms with E-state index >= 15 is 0 Å². The van der Waals surface area contributed by atoms with Gasteiger partial charge in [-0.3, -0.25) is 0 Å². The molecule has 0 amide bonds. The molecule has 0 unspecified atom stereocenters. The van der Waals surface area contributed by atoms with Crippen LogP contribution in [0.4, 0.5) is 0 Å². The summed E-state index contributed by atoms with van der Waals surface area (Å²) in [5, 5.41) is 8.83. The summed E-state index contributed by atoms with van der Waals surface area (Å²) < 4.78 is 17.3.